The molecule has 1 aromatic rings. The van der Waals surface area contributed by atoms with Crippen LogP contribution in [0.5, 0.6) is 5.75 Å². The van der Waals surface area contributed by atoms with E-state index in [1.54, 1.807) is 0 Å². The minimum Gasteiger partial charge on any atom is -0.483 e. The van der Waals surface area contributed by atoms with E-state index in [9.17, 15) is 4.79 Å². The van der Waals surface area contributed by atoms with E-state index in [2.05, 4.69) is 43.9 Å². The van der Waals surface area contributed by atoms with Gasteiger partial charge < -0.3 is 14.7 Å². The molecule has 1 aliphatic heterocycles. The Balaban J connectivity index is 2.15. The predicted molar refractivity (Wildman–Crippen MR) is 88.8 cm³/mol. The smallest absolute Gasteiger partial charge is 0.303 e. The highest BCUT2D eigenvalue weighted by Gasteiger charge is 2.36. The van der Waals surface area contributed by atoms with E-state index in [1.165, 1.54) is 5.56 Å². The molecular weight excluding hydrogens is 278 g/mol. The molecule has 0 saturated carbocycles. The number of carboxylic acids is 1. The van der Waals surface area contributed by atoms with Crippen molar-refractivity contribution < 1.29 is 14.6 Å². The van der Waals surface area contributed by atoms with Gasteiger partial charge in [0.25, 0.3) is 0 Å². The minimum atomic E-state index is -0.713. The molecule has 2 rings (SSSR count). The Bertz CT molecular complexity index is 523. The molecule has 0 fully saturated rings. The molecule has 1 aromatic carbocycles. The number of anilines is 1. The van der Waals surface area contributed by atoms with Gasteiger partial charge in [-0.05, 0) is 50.3 Å². The number of carboxylic acid groups (broad SMARTS) is 1. The zero-order chi connectivity index (χ0) is 16.2. The highest BCUT2D eigenvalue weighted by atomic mass is 16.5. The van der Waals surface area contributed by atoms with Gasteiger partial charge in [0.1, 0.15) is 11.4 Å². The predicted octanol–water partition coefficient (Wildman–Crippen LogP) is 4.01. The lowest BCUT2D eigenvalue weighted by molar-refractivity contribution is -0.137. The standard InChI is InChI=1S/C18H27NO3/c1-4-18(5-2)13-19(11-7-6-8-17(20)21)15-10-9-14(3)12-16(15)22-18/h9-10,12H,4-8,11,13H2,1-3H3,(H,20,21). The monoisotopic (exact) mass is 305 g/mol. The molecule has 0 unspecified atom stereocenters. The van der Waals surface area contributed by atoms with Crippen molar-refractivity contribution in [2.75, 3.05) is 18.0 Å². The summed E-state index contributed by atoms with van der Waals surface area (Å²) in [5.41, 5.74) is 2.21. The van der Waals surface area contributed by atoms with Gasteiger partial charge >= 0.3 is 5.97 Å². The van der Waals surface area contributed by atoms with E-state index in [1.807, 2.05) is 0 Å². The van der Waals surface area contributed by atoms with Crippen molar-refractivity contribution in [1.82, 2.24) is 0 Å². The Morgan fingerprint density at radius 1 is 1.32 bits per heavy atom. The van der Waals surface area contributed by atoms with Crippen molar-refractivity contribution in [2.45, 2.75) is 58.5 Å². The molecule has 4 nitrogen and oxygen atoms in total. The van der Waals surface area contributed by atoms with Gasteiger partial charge in [-0.2, -0.15) is 0 Å². The van der Waals surface area contributed by atoms with Crippen LogP contribution in [0.3, 0.4) is 0 Å². The number of hydrogen-bond donors (Lipinski definition) is 1. The number of aliphatic carboxylic acids is 1. The van der Waals surface area contributed by atoms with Crippen LogP contribution in [0.2, 0.25) is 0 Å². The summed E-state index contributed by atoms with van der Waals surface area (Å²) in [5, 5.41) is 8.76. The number of rotatable bonds is 7. The quantitative estimate of drug-likeness (QED) is 0.773. The second-order valence-electron chi connectivity index (χ2n) is 6.24. The molecule has 0 spiro atoms. The maximum atomic E-state index is 10.6. The third-order valence-corrected chi connectivity index (χ3v) is 4.62. The fourth-order valence-corrected chi connectivity index (χ4v) is 3.06. The summed E-state index contributed by atoms with van der Waals surface area (Å²) in [5.74, 6) is 0.252. The molecule has 1 heterocycles. The average Bonchev–Trinajstić information content (AvgIpc) is 2.50. The molecule has 122 valence electrons. The van der Waals surface area contributed by atoms with Gasteiger partial charge in [0, 0.05) is 13.0 Å². The minimum absolute atomic E-state index is 0.131. The van der Waals surface area contributed by atoms with Gasteiger partial charge in [0.15, 0.2) is 0 Å². The van der Waals surface area contributed by atoms with Gasteiger partial charge in [-0.25, -0.2) is 0 Å². The molecule has 0 aliphatic carbocycles. The maximum absolute atomic E-state index is 10.6. The van der Waals surface area contributed by atoms with Crippen LogP contribution in [0.4, 0.5) is 5.69 Å². The molecule has 4 heteroatoms. The van der Waals surface area contributed by atoms with Crippen molar-refractivity contribution in [1.29, 1.82) is 0 Å². The normalized spacial score (nSPS) is 16.0. The maximum Gasteiger partial charge on any atom is 0.303 e. The van der Waals surface area contributed by atoms with Crippen molar-refractivity contribution in [2.24, 2.45) is 0 Å². The Kier molecular flexibility index (Phi) is 5.33. The summed E-state index contributed by atoms with van der Waals surface area (Å²) in [6.45, 7) is 8.19. The zero-order valence-electron chi connectivity index (χ0n) is 13.9. The fourth-order valence-electron chi connectivity index (χ4n) is 3.06. The van der Waals surface area contributed by atoms with Crippen molar-refractivity contribution in [3.8, 4) is 5.75 Å². The summed E-state index contributed by atoms with van der Waals surface area (Å²) in [6.07, 6.45) is 3.81. The van der Waals surface area contributed by atoms with Crippen LogP contribution in [0.15, 0.2) is 18.2 Å². The largest absolute Gasteiger partial charge is 0.483 e. The summed E-state index contributed by atoms with van der Waals surface area (Å²) in [6, 6.07) is 6.34. The first kappa shape index (κ1) is 16.7. The first-order valence-corrected chi connectivity index (χ1v) is 8.26. The number of benzene rings is 1. The number of aryl methyl sites for hydroxylation is 1. The summed E-state index contributed by atoms with van der Waals surface area (Å²) in [7, 11) is 0. The molecule has 0 saturated heterocycles. The molecule has 0 amide bonds. The molecule has 22 heavy (non-hydrogen) atoms. The second-order valence-corrected chi connectivity index (χ2v) is 6.24. The van der Waals surface area contributed by atoms with E-state index in [-0.39, 0.29) is 12.0 Å². The van der Waals surface area contributed by atoms with Crippen molar-refractivity contribution in [3.05, 3.63) is 23.8 Å². The zero-order valence-corrected chi connectivity index (χ0v) is 13.9. The average molecular weight is 305 g/mol. The lowest BCUT2D eigenvalue weighted by atomic mass is 9.93. The Morgan fingerprint density at radius 3 is 2.68 bits per heavy atom. The number of carbonyl (C=O) groups is 1. The van der Waals surface area contributed by atoms with E-state index < -0.39 is 5.97 Å². The lowest BCUT2D eigenvalue weighted by Gasteiger charge is -2.44. The molecule has 0 atom stereocenters. The molecule has 0 radical (unpaired) electrons. The fraction of sp³-hybridized carbons (Fsp3) is 0.611. The van der Waals surface area contributed by atoms with E-state index in [4.69, 9.17) is 9.84 Å². The summed E-state index contributed by atoms with van der Waals surface area (Å²) < 4.78 is 6.34. The van der Waals surface area contributed by atoms with Gasteiger partial charge in [-0.1, -0.05) is 19.9 Å². The van der Waals surface area contributed by atoms with Crippen LogP contribution in [-0.2, 0) is 4.79 Å². The lowest BCUT2D eigenvalue weighted by Crippen LogP contribution is -2.50. The van der Waals surface area contributed by atoms with Crippen LogP contribution in [-0.4, -0.2) is 29.8 Å². The first-order valence-electron chi connectivity index (χ1n) is 8.26. The third-order valence-electron chi connectivity index (χ3n) is 4.62. The number of unbranched alkanes of at least 4 members (excludes halogenated alkanes) is 1. The Labute approximate surface area is 133 Å². The molecular formula is C18H27NO3. The van der Waals surface area contributed by atoms with Crippen LogP contribution in [0.25, 0.3) is 0 Å². The number of nitrogens with zero attached hydrogens (tertiary/aromatic N) is 1. The molecule has 1 N–H and O–H groups in total. The molecule has 1 aliphatic rings. The summed E-state index contributed by atoms with van der Waals surface area (Å²) >= 11 is 0. The second kappa shape index (κ2) is 7.03. The van der Waals surface area contributed by atoms with E-state index >= 15 is 0 Å². The number of fused-ring (bicyclic) bond motifs is 1. The van der Waals surface area contributed by atoms with Crippen molar-refractivity contribution >= 4 is 11.7 Å². The SMILES string of the molecule is CCC1(CC)CN(CCCCC(=O)O)c2ccc(C)cc2O1. The number of ether oxygens (including phenoxy) is 1. The highest BCUT2D eigenvalue weighted by Crippen LogP contribution is 2.40. The van der Waals surface area contributed by atoms with Crippen molar-refractivity contribution in [3.63, 3.8) is 0 Å². The highest BCUT2D eigenvalue weighted by molar-refractivity contribution is 5.66. The Morgan fingerprint density at radius 2 is 2.05 bits per heavy atom. The van der Waals surface area contributed by atoms with Gasteiger partial charge in [-0.15, -0.1) is 0 Å². The van der Waals surface area contributed by atoms with Gasteiger partial charge in [0.2, 0.25) is 0 Å². The van der Waals surface area contributed by atoms with Gasteiger partial charge in [-0.3, -0.25) is 4.79 Å². The number of hydrogen-bond acceptors (Lipinski definition) is 3. The van der Waals surface area contributed by atoms with Crippen LogP contribution < -0.4 is 9.64 Å². The third kappa shape index (κ3) is 3.73. The Hall–Kier alpha value is -1.71. The van der Waals surface area contributed by atoms with E-state index in [0.717, 1.165) is 50.2 Å². The van der Waals surface area contributed by atoms with Crippen LogP contribution >= 0.6 is 0 Å². The van der Waals surface area contributed by atoms with Crippen LogP contribution in [0, 0.1) is 6.92 Å². The summed E-state index contributed by atoms with van der Waals surface area (Å²) in [4.78, 5) is 13.0. The topological polar surface area (TPSA) is 49.8 Å². The van der Waals surface area contributed by atoms with E-state index in [0.29, 0.717) is 0 Å². The molecule has 0 bridgehead atoms. The van der Waals surface area contributed by atoms with Crippen LogP contribution in [0.1, 0.15) is 51.5 Å². The molecule has 0 aromatic heterocycles. The van der Waals surface area contributed by atoms with Gasteiger partial charge in [0.05, 0.1) is 12.2 Å². The first-order chi connectivity index (χ1) is 10.5.